The maximum Gasteiger partial charge on any atom is 0.241 e. The number of ether oxygens (including phenoxy) is 1. The quantitative estimate of drug-likeness (QED) is 0.760. The van der Waals surface area contributed by atoms with Gasteiger partial charge in [-0.15, -0.1) is 0 Å². The average Bonchev–Trinajstić information content (AvgIpc) is 3.27. The molecule has 0 heterocycles. The van der Waals surface area contributed by atoms with Crippen LogP contribution < -0.4 is 10.0 Å². The molecular formula is C14H21FN2O3S. The van der Waals surface area contributed by atoms with Gasteiger partial charge in [-0.1, -0.05) is 6.07 Å². The Hall–Kier alpha value is -1.02. The van der Waals surface area contributed by atoms with Gasteiger partial charge in [-0.25, -0.2) is 17.5 Å². The van der Waals surface area contributed by atoms with E-state index >= 15 is 0 Å². The first-order valence-electron chi connectivity index (χ1n) is 6.96. The Morgan fingerprint density at radius 2 is 2.14 bits per heavy atom. The van der Waals surface area contributed by atoms with Gasteiger partial charge in [0, 0.05) is 26.2 Å². The van der Waals surface area contributed by atoms with Gasteiger partial charge in [0.25, 0.3) is 0 Å². The van der Waals surface area contributed by atoms with Crippen molar-refractivity contribution in [2.75, 3.05) is 13.7 Å². The lowest BCUT2D eigenvalue weighted by atomic mass is 10.2. The summed E-state index contributed by atoms with van der Waals surface area (Å²) in [5.41, 5.74) is 0.570. The summed E-state index contributed by atoms with van der Waals surface area (Å²) in [6.07, 6.45) is 1.96. The molecule has 2 N–H and O–H groups in total. The predicted octanol–water partition coefficient (Wildman–Crippen LogP) is 1.39. The second-order valence-electron chi connectivity index (χ2n) is 5.31. The van der Waals surface area contributed by atoms with Crippen molar-refractivity contribution in [2.45, 2.75) is 43.4 Å². The molecule has 0 radical (unpaired) electrons. The van der Waals surface area contributed by atoms with Crippen molar-refractivity contribution in [2.24, 2.45) is 0 Å². The smallest absolute Gasteiger partial charge is 0.241 e. The van der Waals surface area contributed by atoms with Crippen molar-refractivity contribution >= 4 is 10.0 Å². The molecule has 0 amide bonds. The van der Waals surface area contributed by atoms with Crippen LogP contribution in [0.1, 0.15) is 25.3 Å². The minimum atomic E-state index is -3.76. The first-order chi connectivity index (χ1) is 9.92. The zero-order chi connectivity index (χ0) is 15.5. The molecule has 0 bridgehead atoms. The maximum absolute atomic E-state index is 13.4. The number of benzene rings is 1. The highest BCUT2D eigenvalue weighted by Gasteiger charge is 2.23. The summed E-state index contributed by atoms with van der Waals surface area (Å²) in [6.45, 7) is 2.31. The predicted molar refractivity (Wildman–Crippen MR) is 77.9 cm³/mol. The Kier molecular flexibility index (Phi) is 5.32. The second kappa shape index (κ2) is 6.83. The lowest BCUT2D eigenvalue weighted by Crippen LogP contribution is -2.32. The molecule has 118 valence electrons. The van der Waals surface area contributed by atoms with Crippen LogP contribution >= 0.6 is 0 Å². The number of halogens is 1. The first kappa shape index (κ1) is 16.4. The molecule has 2 rings (SSSR count). The van der Waals surface area contributed by atoms with Crippen molar-refractivity contribution < 1.29 is 17.5 Å². The van der Waals surface area contributed by atoms with Crippen LogP contribution in [0, 0.1) is 5.82 Å². The molecule has 0 spiro atoms. The molecule has 1 atom stereocenters. The highest BCUT2D eigenvalue weighted by atomic mass is 32.2. The Balaban J connectivity index is 2.16. The monoisotopic (exact) mass is 316 g/mol. The van der Waals surface area contributed by atoms with E-state index in [1.807, 2.05) is 0 Å². The van der Waals surface area contributed by atoms with Gasteiger partial charge < -0.3 is 10.1 Å². The van der Waals surface area contributed by atoms with E-state index in [4.69, 9.17) is 4.74 Å². The van der Waals surface area contributed by atoms with E-state index in [1.54, 1.807) is 6.92 Å². The van der Waals surface area contributed by atoms with Crippen LogP contribution in [0.5, 0.6) is 0 Å². The van der Waals surface area contributed by atoms with E-state index in [-0.39, 0.29) is 17.5 Å². The van der Waals surface area contributed by atoms with Crippen molar-refractivity contribution in [1.82, 2.24) is 10.0 Å². The minimum absolute atomic E-state index is 0.0149. The molecule has 1 aliphatic carbocycles. The van der Waals surface area contributed by atoms with E-state index in [0.29, 0.717) is 18.2 Å². The number of hydrogen-bond donors (Lipinski definition) is 2. The zero-order valence-electron chi connectivity index (χ0n) is 12.2. The van der Waals surface area contributed by atoms with Gasteiger partial charge in [0.2, 0.25) is 10.0 Å². The summed E-state index contributed by atoms with van der Waals surface area (Å²) in [7, 11) is -2.25. The Bertz CT molecular complexity index is 588. The van der Waals surface area contributed by atoms with E-state index in [1.165, 1.54) is 19.2 Å². The molecule has 1 unspecified atom stereocenters. The molecule has 0 aromatic heterocycles. The molecule has 5 nitrogen and oxygen atoms in total. The third kappa shape index (κ3) is 4.74. The largest absolute Gasteiger partial charge is 0.380 e. The van der Waals surface area contributed by atoms with Gasteiger partial charge in [0.15, 0.2) is 0 Å². The summed E-state index contributed by atoms with van der Waals surface area (Å²) < 4.78 is 45.5. The molecule has 1 fully saturated rings. The van der Waals surface area contributed by atoms with E-state index in [9.17, 15) is 12.8 Å². The highest BCUT2D eigenvalue weighted by Crippen LogP contribution is 2.22. The van der Waals surface area contributed by atoms with Gasteiger partial charge in [0.1, 0.15) is 5.82 Å². The van der Waals surface area contributed by atoms with Gasteiger partial charge >= 0.3 is 0 Å². The molecule has 1 aliphatic rings. The third-order valence-corrected chi connectivity index (χ3v) is 4.95. The van der Waals surface area contributed by atoms with E-state index in [0.717, 1.165) is 18.9 Å². The number of nitrogens with one attached hydrogen (secondary N) is 2. The number of hydrogen-bond acceptors (Lipinski definition) is 4. The molecule has 7 heteroatoms. The second-order valence-corrected chi connectivity index (χ2v) is 7.04. The van der Waals surface area contributed by atoms with Crippen molar-refractivity contribution in [1.29, 1.82) is 0 Å². The number of sulfonamides is 1. The van der Waals surface area contributed by atoms with Crippen LogP contribution in [-0.4, -0.2) is 34.2 Å². The lowest BCUT2D eigenvalue weighted by Gasteiger charge is -2.14. The van der Waals surface area contributed by atoms with Crippen LogP contribution in [0.3, 0.4) is 0 Å². The topological polar surface area (TPSA) is 67.4 Å². The SMILES string of the molecule is COC(C)CNS(=O)(=O)c1cc(F)ccc1CNC1CC1. The molecule has 1 aromatic rings. The summed E-state index contributed by atoms with van der Waals surface area (Å²) in [5, 5.41) is 3.24. The Morgan fingerprint density at radius 1 is 1.43 bits per heavy atom. The van der Waals surface area contributed by atoms with Crippen LogP contribution in [-0.2, 0) is 21.3 Å². The van der Waals surface area contributed by atoms with Crippen LogP contribution in [0.25, 0.3) is 0 Å². The molecule has 1 saturated carbocycles. The molecular weight excluding hydrogens is 295 g/mol. The maximum atomic E-state index is 13.4. The standard InChI is InChI=1S/C14H21FN2O3S/c1-10(20-2)8-17-21(18,19)14-7-12(15)4-3-11(14)9-16-13-5-6-13/h3-4,7,10,13,16-17H,5-6,8-9H2,1-2H3. The highest BCUT2D eigenvalue weighted by molar-refractivity contribution is 7.89. The Morgan fingerprint density at radius 3 is 2.76 bits per heavy atom. The molecule has 21 heavy (non-hydrogen) atoms. The van der Waals surface area contributed by atoms with Crippen molar-refractivity contribution in [3.05, 3.63) is 29.6 Å². The molecule has 0 aliphatic heterocycles. The van der Waals surface area contributed by atoms with Crippen molar-refractivity contribution in [3.63, 3.8) is 0 Å². The minimum Gasteiger partial charge on any atom is -0.380 e. The van der Waals surface area contributed by atoms with Crippen LogP contribution in [0.4, 0.5) is 4.39 Å². The average molecular weight is 316 g/mol. The molecule has 1 aromatic carbocycles. The number of methoxy groups -OCH3 is 1. The molecule has 0 saturated heterocycles. The zero-order valence-corrected chi connectivity index (χ0v) is 13.0. The number of rotatable bonds is 8. The summed E-state index contributed by atoms with van der Waals surface area (Å²) in [5.74, 6) is -0.565. The van der Waals surface area contributed by atoms with E-state index < -0.39 is 15.8 Å². The van der Waals surface area contributed by atoms with Gasteiger partial charge in [-0.05, 0) is 37.5 Å². The fourth-order valence-corrected chi connectivity index (χ4v) is 3.22. The van der Waals surface area contributed by atoms with Crippen molar-refractivity contribution in [3.8, 4) is 0 Å². The summed E-state index contributed by atoms with van der Waals surface area (Å²) in [6, 6.07) is 4.30. The Labute approximate surface area is 124 Å². The first-order valence-corrected chi connectivity index (χ1v) is 8.45. The summed E-state index contributed by atoms with van der Waals surface area (Å²) >= 11 is 0. The lowest BCUT2D eigenvalue weighted by molar-refractivity contribution is 0.122. The third-order valence-electron chi connectivity index (χ3n) is 3.44. The fourth-order valence-electron chi connectivity index (χ4n) is 1.85. The summed E-state index contributed by atoms with van der Waals surface area (Å²) in [4.78, 5) is -0.0149. The normalized spacial score (nSPS) is 16.9. The van der Waals surface area contributed by atoms with Gasteiger partial charge in [-0.3, -0.25) is 0 Å². The fraction of sp³-hybridized carbons (Fsp3) is 0.571. The van der Waals surface area contributed by atoms with Gasteiger partial charge in [-0.2, -0.15) is 0 Å². The van der Waals surface area contributed by atoms with Gasteiger partial charge in [0.05, 0.1) is 11.0 Å². The van der Waals surface area contributed by atoms with E-state index in [2.05, 4.69) is 10.0 Å². The van der Waals surface area contributed by atoms with Crippen LogP contribution in [0.2, 0.25) is 0 Å². The van der Waals surface area contributed by atoms with Crippen LogP contribution in [0.15, 0.2) is 23.1 Å².